The molecule has 152 valence electrons. The van der Waals surface area contributed by atoms with Gasteiger partial charge in [0, 0.05) is 18.6 Å². The van der Waals surface area contributed by atoms with Crippen LogP contribution in [0.15, 0.2) is 60.7 Å². The fraction of sp³-hybridized carbons (Fsp3) is 0.100. The molecule has 3 aromatic carbocycles. The molecule has 3 aromatic rings. The third-order valence-electron chi connectivity index (χ3n) is 4.44. The monoisotopic (exact) mass is 409 g/mol. The number of aliphatic carboxylic acids is 1. The molecule has 0 aliphatic carbocycles. The van der Waals surface area contributed by atoms with Crippen molar-refractivity contribution in [1.82, 2.24) is 5.32 Å². The molecular weight excluding hydrogens is 394 g/mol. The summed E-state index contributed by atoms with van der Waals surface area (Å²) in [5.41, 5.74) is -1.00. The summed E-state index contributed by atoms with van der Waals surface area (Å²) in [7, 11) is 0. The van der Waals surface area contributed by atoms with E-state index in [0.717, 1.165) is 29.0 Å². The second-order valence-electron chi connectivity index (χ2n) is 6.50. The van der Waals surface area contributed by atoms with Crippen molar-refractivity contribution in [2.24, 2.45) is 0 Å². The van der Waals surface area contributed by atoms with E-state index in [1.54, 1.807) is 12.1 Å². The van der Waals surface area contributed by atoms with Crippen molar-refractivity contribution in [3.63, 3.8) is 0 Å². The van der Waals surface area contributed by atoms with Crippen LogP contribution in [0.2, 0.25) is 0 Å². The summed E-state index contributed by atoms with van der Waals surface area (Å²) in [5, 5.41) is 35.6. The van der Waals surface area contributed by atoms with Crippen LogP contribution in [0, 0.1) is 20.2 Å². The topological polar surface area (TPSA) is 153 Å². The number of nitro benzene ring substituents is 2. The molecule has 10 heteroatoms. The lowest BCUT2D eigenvalue weighted by molar-refractivity contribution is -0.394. The molecule has 0 aliphatic heterocycles. The van der Waals surface area contributed by atoms with Gasteiger partial charge in [-0.15, -0.1) is 0 Å². The van der Waals surface area contributed by atoms with Gasteiger partial charge in [-0.05, 0) is 16.3 Å². The first-order chi connectivity index (χ1) is 14.2. The van der Waals surface area contributed by atoms with E-state index in [0.29, 0.717) is 5.56 Å². The van der Waals surface area contributed by atoms with Gasteiger partial charge in [0.2, 0.25) is 0 Å². The van der Waals surface area contributed by atoms with Gasteiger partial charge in [0.25, 0.3) is 17.3 Å². The average Bonchev–Trinajstić information content (AvgIpc) is 2.72. The highest BCUT2D eigenvalue weighted by Crippen LogP contribution is 2.23. The molecule has 0 saturated heterocycles. The zero-order valence-electron chi connectivity index (χ0n) is 15.3. The first-order valence-electron chi connectivity index (χ1n) is 8.70. The van der Waals surface area contributed by atoms with Gasteiger partial charge in [-0.25, -0.2) is 4.79 Å². The number of carbonyl (C=O) groups excluding carboxylic acids is 1. The van der Waals surface area contributed by atoms with E-state index >= 15 is 0 Å². The van der Waals surface area contributed by atoms with E-state index in [2.05, 4.69) is 5.32 Å². The summed E-state index contributed by atoms with van der Waals surface area (Å²) >= 11 is 0. The van der Waals surface area contributed by atoms with E-state index in [1.807, 2.05) is 30.3 Å². The molecule has 0 heterocycles. The van der Waals surface area contributed by atoms with Gasteiger partial charge in [-0.3, -0.25) is 25.0 Å². The lowest BCUT2D eigenvalue weighted by atomic mass is 10.0. The second-order valence-corrected chi connectivity index (χ2v) is 6.50. The predicted octanol–water partition coefficient (Wildman–Crippen LogP) is 3.08. The first-order valence-corrected chi connectivity index (χ1v) is 8.70. The van der Waals surface area contributed by atoms with Crippen LogP contribution in [0.5, 0.6) is 0 Å². The number of nitrogens with zero attached hydrogens (tertiary/aromatic N) is 2. The highest BCUT2D eigenvalue weighted by Gasteiger charge is 2.24. The summed E-state index contributed by atoms with van der Waals surface area (Å²) in [6.07, 6.45) is -0.0388. The van der Waals surface area contributed by atoms with Gasteiger partial charge in [-0.2, -0.15) is 0 Å². The Kier molecular flexibility index (Phi) is 5.68. The lowest BCUT2D eigenvalue weighted by Crippen LogP contribution is -2.42. The minimum absolute atomic E-state index is 0.0388. The Hall–Kier alpha value is -4.34. The van der Waals surface area contributed by atoms with Gasteiger partial charge in [0.05, 0.1) is 21.5 Å². The van der Waals surface area contributed by atoms with Crippen LogP contribution in [-0.2, 0) is 11.2 Å². The Morgan fingerprint density at radius 1 is 0.900 bits per heavy atom. The Bertz CT molecular complexity index is 1140. The molecule has 10 nitrogen and oxygen atoms in total. The molecular formula is C20H15N3O7. The smallest absolute Gasteiger partial charge is 0.326 e. The number of fused-ring (bicyclic) bond motifs is 1. The fourth-order valence-electron chi connectivity index (χ4n) is 2.98. The van der Waals surface area contributed by atoms with Crippen molar-refractivity contribution in [2.45, 2.75) is 12.5 Å². The van der Waals surface area contributed by atoms with Crippen LogP contribution in [0.25, 0.3) is 10.8 Å². The summed E-state index contributed by atoms with van der Waals surface area (Å²) in [6.45, 7) is 0. The molecule has 1 amide bonds. The molecule has 0 radical (unpaired) electrons. The highest BCUT2D eigenvalue weighted by molar-refractivity contribution is 5.97. The van der Waals surface area contributed by atoms with E-state index in [4.69, 9.17) is 0 Å². The van der Waals surface area contributed by atoms with Gasteiger partial charge >= 0.3 is 5.97 Å². The molecule has 1 atom stereocenters. The van der Waals surface area contributed by atoms with Crippen LogP contribution in [0.3, 0.4) is 0 Å². The number of carbonyl (C=O) groups is 2. The quantitative estimate of drug-likeness (QED) is 0.449. The molecule has 1 unspecified atom stereocenters. The van der Waals surface area contributed by atoms with E-state index in [1.165, 1.54) is 0 Å². The number of nitrogens with one attached hydrogen (secondary N) is 1. The van der Waals surface area contributed by atoms with E-state index in [-0.39, 0.29) is 12.0 Å². The maximum Gasteiger partial charge on any atom is 0.326 e. The van der Waals surface area contributed by atoms with E-state index < -0.39 is 39.1 Å². The van der Waals surface area contributed by atoms with Crippen LogP contribution in [0.4, 0.5) is 11.4 Å². The van der Waals surface area contributed by atoms with Crippen LogP contribution < -0.4 is 5.32 Å². The van der Waals surface area contributed by atoms with Crippen molar-refractivity contribution in [3.05, 3.63) is 92.0 Å². The van der Waals surface area contributed by atoms with Gasteiger partial charge in [0.15, 0.2) is 0 Å². The van der Waals surface area contributed by atoms with Gasteiger partial charge in [0.1, 0.15) is 6.04 Å². The van der Waals surface area contributed by atoms with Crippen LogP contribution in [-0.4, -0.2) is 32.9 Å². The highest BCUT2D eigenvalue weighted by atomic mass is 16.6. The number of carboxylic acid groups (broad SMARTS) is 1. The molecule has 0 saturated carbocycles. The maximum absolute atomic E-state index is 12.5. The normalized spacial score (nSPS) is 11.6. The van der Waals surface area contributed by atoms with E-state index in [9.17, 15) is 34.9 Å². The van der Waals surface area contributed by atoms with Crippen molar-refractivity contribution >= 4 is 34.0 Å². The molecule has 30 heavy (non-hydrogen) atoms. The third-order valence-corrected chi connectivity index (χ3v) is 4.44. The minimum atomic E-state index is -1.34. The number of benzene rings is 3. The Morgan fingerprint density at radius 3 is 2.07 bits per heavy atom. The van der Waals surface area contributed by atoms with Crippen LogP contribution in [0.1, 0.15) is 15.9 Å². The molecule has 2 N–H and O–H groups in total. The lowest BCUT2D eigenvalue weighted by Gasteiger charge is -2.15. The zero-order valence-corrected chi connectivity index (χ0v) is 15.3. The van der Waals surface area contributed by atoms with Gasteiger partial charge < -0.3 is 10.4 Å². The first kappa shape index (κ1) is 20.4. The second kappa shape index (κ2) is 8.35. The summed E-state index contributed by atoms with van der Waals surface area (Å²) in [6, 6.07) is 14.0. The maximum atomic E-state index is 12.5. The van der Waals surface area contributed by atoms with Crippen molar-refractivity contribution in [3.8, 4) is 0 Å². The molecule has 0 aromatic heterocycles. The number of amides is 1. The average molecular weight is 409 g/mol. The van der Waals surface area contributed by atoms with Crippen molar-refractivity contribution in [1.29, 1.82) is 0 Å². The molecule has 3 rings (SSSR count). The molecule has 0 fully saturated rings. The number of carboxylic acids is 1. The number of hydrogen-bond donors (Lipinski definition) is 2. The Balaban J connectivity index is 1.85. The van der Waals surface area contributed by atoms with Crippen LogP contribution >= 0.6 is 0 Å². The number of hydrogen-bond acceptors (Lipinski definition) is 6. The molecule has 0 aliphatic rings. The number of rotatable bonds is 7. The minimum Gasteiger partial charge on any atom is -0.480 e. The molecule has 0 bridgehead atoms. The zero-order chi connectivity index (χ0) is 21.8. The number of non-ortho nitro benzene ring substituents is 2. The number of nitro groups is 2. The standard InChI is InChI=1S/C20H15N3O7/c24-19(15-9-16(22(27)28)11-17(10-15)23(29)30)21-18(20(25)26)8-12-5-6-13-3-1-2-4-14(13)7-12/h1-7,9-11,18H,8H2,(H,21,24)(H,25,26). The Labute approximate surface area is 169 Å². The molecule has 0 spiro atoms. The summed E-state index contributed by atoms with van der Waals surface area (Å²) in [5.74, 6) is -2.27. The predicted molar refractivity (Wildman–Crippen MR) is 106 cm³/mol. The van der Waals surface area contributed by atoms with Crippen molar-refractivity contribution < 1.29 is 24.5 Å². The SMILES string of the molecule is O=C(NC(Cc1ccc2ccccc2c1)C(=O)O)c1cc([N+](=O)[O-])cc([N+](=O)[O-])c1. The van der Waals surface area contributed by atoms with Gasteiger partial charge in [-0.1, -0.05) is 42.5 Å². The third kappa shape index (κ3) is 4.55. The fourth-order valence-corrected chi connectivity index (χ4v) is 2.98. The largest absolute Gasteiger partial charge is 0.480 e. The Morgan fingerprint density at radius 2 is 1.50 bits per heavy atom. The van der Waals surface area contributed by atoms with Crippen molar-refractivity contribution in [2.75, 3.05) is 0 Å². The summed E-state index contributed by atoms with van der Waals surface area (Å²) in [4.78, 5) is 44.4. The summed E-state index contributed by atoms with van der Waals surface area (Å²) < 4.78 is 0.